The predicted octanol–water partition coefficient (Wildman–Crippen LogP) is 3.56. The van der Waals surface area contributed by atoms with Crippen molar-refractivity contribution in [3.05, 3.63) is 64.1 Å². The minimum atomic E-state index is -0.378. The largest absolute Gasteiger partial charge is 0.423 e. The van der Waals surface area contributed by atoms with Crippen molar-refractivity contribution < 1.29 is 9.53 Å². The van der Waals surface area contributed by atoms with Gasteiger partial charge < -0.3 is 9.75 Å². The summed E-state index contributed by atoms with van der Waals surface area (Å²) in [5, 5.41) is 5.85. The minimum absolute atomic E-state index is 0.378. The zero-order valence-electron chi connectivity index (χ0n) is 11.8. The maximum Gasteiger partial charge on any atom is 0.343 e. The molecule has 0 aliphatic heterocycles. The highest BCUT2D eigenvalue weighted by atomic mass is 79.9. The summed E-state index contributed by atoms with van der Waals surface area (Å²) in [5.41, 5.74) is 1.45. The molecule has 0 N–H and O–H groups in total. The monoisotopic (exact) mass is 346 g/mol. The topological polar surface area (TPSA) is 41.9 Å². The fraction of sp³-hybridized carbons (Fsp3) is 0.125. The van der Waals surface area contributed by atoms with Crippen molar-refractivity contribution in [2.24, 2.45) is 5.10 Å². The second-order valence-corrected chi connectivity index (χ2v) is 5.47. The van der Waals surface area contributed by atoms with Crippen molar-refractivity contribution in [2.75, 3.05) is 14.1 Å². The molecule has 4 nitrogen and oxygen atoms in total. The molecule has 0 heterocycles. The number of halogens is 1. The summed E-state index contributed by atoms with van der Waals surface area (Å²) < 4.78 is 6.23. The number of nitrogens with zero attached hydrogens (tertiary/aromatic N) is 2. The van der Waals surface area contributed by atoms with Gasteiger partial charge in [0.2, 0.25) is 0 Å². The number of hydrogen-bond donors (Lipinski definition) is 0. The SMILES string of the molecule is CN(C)/N=C\c1ccc(OC(=O)c2ccc(Br)cc2)cc1. The molecule has 0 amide bonds. The zero-order valence-corrected chi connectivity index (χ0v) is 13.4. The third-order valence-electron chi connectivity index (χ3n) is 2.61. The van der Waals surface area contributed by atoms with Gasteiger partial charge in [-0.05, 0) is 54.1 Å². The molecule has 21 heavy (non-hydrogen) atoms. The Kier molecular flexibility index (Phi) is 5.11. The Morgan fingerprint density at radius 2 is 1.71 bits per heavy atom. The van der Waals surface area contributed by atoms with Crippen molar-refractivity contribution in [1.29, 1.82) is 0 Å². The molecule has 0 saturated heterocycles. The number of carbonyl (C=O) groups excluding carboxylic acids is 1. The zero-order chi connectivity index (χ0) is 15.2. The lowest BCUT2D eigenvalue weighted by Gasteiger charge is -2.05. The van der Waals surface area contributed by atoms with Crippen molar-refractivity contribution in [2.45, 2.75) is 0 Å². The molecule has 108 valence electrons. The average molecular weight is 347 g/mol. The molecule has 0 unspecified atom stereocenters. The van der Waals surface area contributed by atoms with E-state index in [1.807, 2.05) is 26.2 Å². The van der Waals surface area contributed by atoms with Gasteiger partial charge in [0, 0.05) is 18.6 Å². The highest BCUT2D eigenvalue weighted by Crippen LogP contribution is 2.15. The molecule has 5 heteroatoms. The van der Waals surface area contributed by atoms with E-state index in [0.29, 0.717) is 11.3 Å². The van der Waals surface area contributed by atoms with Gasteiger partial charge in [0.05, 0.1) is 11.8 Å². The fourth-order valence-electron chi connectivity index (χ4n) is 1.56. The molecule has 0 atom stereocenters. The quantitative estimate of drug-likeness (QED) is 0.368. The summed E-state index contributed by atoms with van der Waals surface area (Å²) in [4.78, 5) is 12.0. The number of rotatable bonds is 4. The van der Waals surface area contributed by atoms with Crippen LogP contribution in [0.3, 0.4) is 0 Å². The van der Waals surface area contributed by atoms with Crippen LogP contribution in [0.2, 0.25) is 0 Å². The Morgan fingerprint density at radius 3 is 2.29 bits per heavy atom. The number of carbonyl (C=O) groups is 1. The van der Waals surface area contributed by atoms with E-state index >= 15 is 0 Å². The van der Waals surface area contributed by atoms with Gasteiger partial charge in [-0.2, -0.15) is 5.10 Å². The first-order chi connectivity index (χ1) is 10.0. The molecule has 0 spiro atoms. The maximum atomic E-state index is 12.0. The van der Waals surface area contributed by atoms with Crippen LogP contribution >= 0.6 is 15.9 Å². The van der Waals surface area contributed by atoms with Gasteiger partial charge in [-0.15, -0.1) is 0 Å². The van der Waals surface area contributed by atoms with E-state index in [2.05, 4.69) is 21.0 Å². The maximum absolute atomic E-state index is 12.0. The predicted molar refractivity (Wildman–Crippen MR) is 86.8 cm³/mol. The lowest BCUT2D eigenvalue weighted by Crippen LogP contribution is -2.08. The number of hydrazone groups is 1. The van der Waals surface area contributed by atoms with Crippen LogP contribution in [0.1, 0.15) is 15.9 Å². The molecular weight excluding hydrogens is 332 g/mol. The Hall–Kier alpha value is -2.14. The van der Waals surface area contributed by atoms with Crippen LogP contribution in [0.25, 0.3) is 0 Å². The molecule has 0 fully saturated rings. The smallest absolute Gasteiger partial charge is 0.343 e. The Bertz CT molecular complexity index is 634. The van der Waals surface area contributed by atoms with Crippen LogP contribution in [-0.4, -0.2) is 31.3 Å². The lowest BCUT2D eigenvalue weighted by molar-refractivity contribution is 0.0735. The molecule has 0 bridgehead atoms. The molecule has 0 saturated carbocycles. The van der Waals surface area contributed by atoms with Crippen LogP contribution in [0, 0.1) is 0 Å². The van der Waals surface area contributed by atoms with Crippen LogP contribution in [0.4, 0.5) is 0 Å². The number of ether oxygens (including phenoxy) is 1. The third-order valence-corrected chi connectivity index (χ3v) is 3.14. The van der Waals surface area contributed by atoms with Crippen LogP contribution in [0.5, 0.6) is 5.75 Å². The van der Waals surface area contributed by atoms with E-state index in [1.54, 1.807) is 47.6 Å². The highest BCUT2D eigenvalue weighted by Gasteiger charge is 2.08. The molecular formula is C16H15BrN2O2. The second-order valence-electron chi connectivity index (χ2n) is 4.56. The first-order valence-corrected chi connectivity index (χ1v) is 7.13. The summed E-state index contributed by atoms with van der Waals surface area (Å²) in [6, 6.07) is 14.2. The highest BCUT2D eigenvalue weighted by molar-refractivity contribution is 9.10. The van der Waals surface area contributed by atoms with Crippen molar-refractivity contribution in [1.82, 2.24) is 5.01 Å². The van der Waals surface area contributed by atoms with E-state index in [0.717, 1.165) is 10.0 Å². The number of benzene rings is 2. The van der Waals surface area contributed by atoms with Crippen molar-refractivity contribution in [3.8, 4) is 5.75 Å². The van der Waals surface area contributed by atoms with Crippen LogP contribution < -0.4 is 4.74 Å². The lowest BCUT2D eigenvalue weighted by atomic mass is 10.2. The summed E-state index contributed by atoms with van der Waals surface area (Å²) >= 11 is 3.33. The molecule has 0 aliphatic carbocycles. The van der Waals surface area contributed by atoms with E-state index < -0.39 is 0 Å². The Morgan fingerprint density at radius 1 is 1.10 bits per heavy atom. The van der Waals surface area contributed by atoms with Gasteiger partial charge in [-0.3, -0.25) is 0 Å². The van der Waals surface area contributed by atoms with Gasteiger partial charge >= 0.3 is 5.97 Å². The van der Waals surface area contributed by atoms with Crippen molar-refractivity contribution in [3.63, 3.8) is 0 Å². The third kappa shape index (κ3) is 4.72. The average Bonchev–Trinajstić information content (AvgIpc) is 2.47. The molecule has 2 aromatic carbocycles. The van der Waals surface area contributed by atoms with E-state index in [-0.39, 0.29) is 5.97 Å². The van der Waals surface area contributed by atoms with Gasteiger partial charge in [0.15, 0.2) is 0 Å². The summed E-state index contributed by atoms with van der Waals surface area (Å²) in [5.74, 6) is 0.127. The van der Waals surface area contributed by atoms with E-state index in [9.17, 15) is 4.79 Å². The normalized spacial score (nSPS) is 10.6. The van der Waals surface area contributed by atoms with Gasteiger partial charge in [0.25, 0.3) is 0 Å². The summed E-state index contributed by atoms with van der Waals surface area (Å²) in [6.07, 6.45) is 1.74. The van der Waals surface area contributed by atoms with E-state index in [1.165, 1.54) is 0 Å². The first kappa shape index (κ1) is 15.3. The Labute approximate surface area is 132 Å². The first-order valence-electron chi connectivity index (χ1n) is 6.34. The van der Waals surface area contributed by atoms with Gasteiger partial charge in [-0.1, -0.05) is 15.9 Å². The van der Waals surface area contributed by atoms with Gasteiger partial charge in [0.1, 0.15) is 5.75 Å². The van der Waals surface area contributed by atoms with Gasteiger partial charge in [-0.25, -0.2) is 4.79 Å². The second kappa shape index (κ2) is 7.04. The van der Waals surface area contributed by atoms with E-state index in [4.69, 9.17) is 4.74 Å². The molecule has 0 aliphatic rings. The number of esters is 1. The van der Waals surface area contributed by atoms with Crippen molar-refractivity contribution >= 4 is 28.1 Å². The molecule has 2 rings (SSSR count). The van der Waals surface area contributed by atoms with Crippen LogP contribution in [-0.2, 0) is 0 Å². The molecule has 2 aromatic rings. The molecule has 0 radical (unpaired) electrons. The number of hydrogen-bond acceptors (Lipinski definition) is 4. The minimum Gasteiger partial charge on any atom is -0.423 e. The summed E-state index contributed by atoms with van der Waals surface area (Å²) in [7, 11) is 3.70. The fourth-order valence-corrected chi connectivity index (χ4v) is 1.82. The standard InChI is InChI=1S/C16H15BrN2O2/c1-19(2)18-11-12-3-9-15(10-4-12)21-16(20)13-5-7-14(17)8-6-13/h3-11H,1-2H3/b18-11-. The Balaban J connectivity index is 2.03. The van der Waals surface area contributed by atoms with Crippen LogP contribution in [0.15, 0.2) is 58.1 Å². The molecule has 0 aromatic heterocycles. The summed E-state index contributed by atoms with van der Waals surface area (Å²) in [6.45, 7) is 0.